The number of carbonyl (C=O) groups is 1. The maximum atomic E-state index is 12.0. The number of methoxy groups -OCH3 is 1. The number of aromatic nitrogens is 2. The van der Waals surface area contributed by atoms with E-state index in [1.54, 1.807) is 6.07 Å². The zero-order valence-corrected chi connectivity index (χ0v) is 15.2. The zero-order chi connectivity index (χ0) is 18.8. The van der Waals surface area contributed by atoms with E-state index in [0.29, 0.717) is 12.0 Å². The maximum absolute atomic E-state index is 12.0. The molecule has 0 aliphatic heterocycles. The van der Waals surface area contributed by atoms with Gasteiger partial charge in [0, 0.05) is 46.7 Å². The summed E-state index contributed by atoms with van der Waals surface area (Å²) in [6, 6.07) is 13.8. The molecule has 0 saturated carbocycles. The van der Waals surface area contributed by atoms with Gasteiger partial charge in [-0.2, -0.15) is 0 Å². The molecule has 0 aliphatic rings. The summed E-state index contributed by atoms with van der Waals surface area (Å²) < 4.78 is 4.87. The first-order chi connectivity index (χ1) is 13.2. The summed E-state index contributed by atoms with van der Waals surface area (Å²) in [4.78, 5) is 18.6. The number of nitrogens with one attached hydrogen (secondary N) is 2. The third-order valence-electron chi connectivity index (χ3n) is 5.16. The summed E-state index contributed by atoms with van der Waals surface area (Å²) in [5.74, 6) is -0.238. The van der Waals surface area contributed by atoms with E-state index in [-0.39, 0.29) is 18.5 Å². The number of aliphatic hydroxyl groups is 1. The van der Waals surface area contributed by atoms with Crippen molar-refractivity contribution in [3.63, 3.8) is 0 Å². The van der Waals surface area contributed by atoms with E-state index in [4.69, 9.17) is 4.74 Å². The van der Waals surface area contributed by atoms with Crippen LogP contribution >= 0.6 is 0 Å². The Hall–Kier alpha value is -3.05. The number of fused-ring (bicyclic) bond motifs is 2. The first kappa shape index (κ1) is 17.4. The Morgan fingerprint density at radius 3 is 2.48 bits per heavy atom. The summed E-state index contributed by atoms with van der Waals surface area (Å²) in [5, 5.41) is 11.6. The summed E-state index contributed by atoms with van der Waals surface area (Å²) >= 11 is 0. The highest BCUT2D eigenvalue weighted by molar-refractivity contribution is 5.96. The topological polar surface area (TPSA) is 78.1 Å². The Labute approximate surface area is 157 Å². The molecule has 0 aliphatic carbocycles. The number of carbonyl (C=O) groups excluding carboxylic acids is 1. The normalized spacial score (nSPS) is 12.5. The molecule has 27 heavy (non-hydrogen) atoms. The molecule has 2 aromatic heterocycles. The van der Waals surface area contributed by atoms with Crippen molar-refractivity contribution in [2.45, 2.75) is 18.8 Å². The van der Waals surface area contributed by atoms with Crippen LogP contribution in [0.5, 0.6) is 0 Å². The van der Waals surface area contributed by atoms with Crippen LogP contribution in [0.25, 0.3) is 21.8 Å². The molecule has 0 bridgehead atoms. The van der Waals surface area contributed by atoms with Gasteiger partial charge in [0.25, 0.3) is 0 Å². The van der Waals surface area contributed by atoms with Gasteiger partial charge in [-0.1, -0.05) is 18.2 Å². The molecule has 4 rings (SSSR count). The number of H-pyrrole nitrogens is 2. The Bertz CT molecular complexity index is 1090. The molecule has 2 heterocycles. The first-order valence-corrected chi connectivity index (χ1v) is 9.09. The molecule has 1 unspecified atom stereocenters. The van der Waals surface area contributed by atoms with Crippen LogP contribution in [0, 0.1) is 0 Å². The van der Waals surface area contributed by atoms with E-state index in [1.165, 1.54) is 18.1 Å². The molecule has 5 nitrogen and oxygen atoms in total. The molecule has 2 aromatic carbocycles. The zero-order valence-electron chi connectivity index (χ0n) is 15.2. The van der Waals surface area contributed by atoms with Gasteiger partial charge in [-0.05, 0) is 48.2 Å². The van der Waals surface area contributed by atoms with Crippen molar-refractivity contribution in [2.24, 2.45) is 0 Å². The standard InChI is InChI=1S/C22H22N2O3/c1-27-22(26)14-8-9-21-17(11-14)19(13-24-21)15(6-4-10-25)18-12-23-20-7-3-2-5-16(18)20/h2-3,5,7-9,11-13,15,23-25H,4,6,10H2,1H3. The maximum Gasteiger partial charge on any atom is 0.337 e. The van der Waals surface area contributed by atoms with Crippen LogP contribution in [0.3, 0.4) is 0 Å². The monoisotopic (exact) mass is 362 g/mol. The van der Waals surface area contributed by atoms with Gasteiger partial charge in [-0.25, -0.2) is 4.79 Å². The molecule has 3 N–H and O–H groups in total. The summed E-state index contributed by atoms with van der Waals surface area (Å²) in [5.41, 5.74) is 4.92. The second-order valence-corrected chi connectivity index (χ2v) is 6.70. The minimum atomic E-state index is -0.344. The molecule has 1 atom stereocenters. The molecular weight excluding hydrogens is 340 g/mol. The van der Waals surface area contributed by atoms with Gasteiger partial charge in [-0.15, -0.1) is 0 Å². The number of hydrogen-bond donors (Lipinski definition) is 3. The largest absolute Gasteiger partial charge is 0.465 e. The fraction of sp³-hybridized carbons (Fsp3) is 0.227. The van der Waals surface area contributed by atoms with Crippen molar-refractivity contribution in [3.05, 3.63) is 71.5 Å². The second kappa shape index (κ2) is 7.29. The van der Waals surface area contributed by atoms with Gasteiger partial charge in [0.15, 0.2) is 0 Å². The Balaban J connectivity index is 1.86. The van der Waals surface area contributed by atoms with E-state index in [1.807, 2.05) is 30.5 Å². The lowest BCUT2D eigenvalue weighted by Gasteiger charge is -2.16. The highest BCUT2D eigenvalue weighted by atomic mass is 16.5. The minimum Gasteiger partial charge on any atom is -0.465 e. The van der Waals surface area contributed by atoms with E-state index in [2.05, 4.69) is 28.3 Å². The fourth-order valence-electron chi connectivity index (χ4n) is 3.83. The highest BCUT2D eigenvalue weighted by Crippen LogP contribution is 2.37. The number of aliphatic hydroxyl groups excluding tert-OH is 1. The molecule has 5 heteroatoms. The SMILES string of the molecule is COC(=O)c1ccc2[nH]cc(C(CCCO)c3c[nH]c4ccccc34)c2c1. The molecular formula is C22H22N2O3. The van der Waals surface area contributed by atoms with Crippen molar-refractivity contribution < 1.29 is 14.6 Å². The van der Waals surface area contributed by atoms with Crippen molar-refractivity contribution in [2.75, 3.05) is 13.7 Å². The number of para-hydroxylation sites is 1. The van der Waals surface area contributed by atoms with Gasteiger partial charge in [-0.3, -0.25) is 0 Å². The van der Waals surface area contributed by atoms with Gasteiger partial charge >= 0.3 is 5.97 Å². The third kappa shape index (κ3) is 3.11. The predicted octanol–water partition coefficient (Wildman–Crippen LogP) is 4.34. The first-order valence-electron chi connectivity index (χ1n) is 9.09. The van der Waals surface area contributed by atoms with Gasteiger partial charge in [0.2, 0.25) is 0 Å². The molecule has 0 spiro atoms. The lowest BCUT2D eigenvalue weighted by molar-refractivity contribution is 0.0601. The molecule has 138 valence electrons. The van der Waals surface area contributed by atoms with Crippen LogP contribution in [0.1, 0.15) is 40.2 Å². The number of aromatic amines is 2. The quantitative estimate of drug-likeness (QED) is 0.447. The smallest absolute Gasteiger partial charge is 0.337 e. The summed E-state index contributed by atoms with van der Waals surface area (Å²) in [7, 11) is 1.39. The van der Waals surface area contributed by atoms with Crippen LogP contribution < -0.4 is 0 Å². The molecule has 0 radical (unpaired) electrons. The third-order valence-corrected chi connectivity index (χ3v) is 5.16. The average molecular weight is 362 g/mol. The summed E-state index contributed by atoms with van der Waals surface area (Å²) in [6.07, 6.45) is 5.58. The molecule has 0 saturated heterocycles. The fourth-order valence-corrected chi connectivity index (χ4v) is 3.83. The lowest BCUT2D eigenvalue weighted by Crippen LogP contribution is -2.03. The minimum absolute atomic E-state index is 0.106. The van der Waals surface area contributed by atoms with E-state index < -0.39 is 0 Å². The highest BCUT2D eigenvalue weighted by Gasteiger charge is 2.21. The second-order valence-electron chi connectivity index (χ2n) is 6.70. The van der Waals surface area contributed by atoms with Crippen molar-refractivity contribution >= 4 is 27.8 Å². The number of esters is 1. The van der Waals surface area contributed by atoms with Crippen LogP contribution in [0.2, 0.25) is 0 Å². The lowest BCUT2D eigenvalue weighted by atomic mass is 9.87. The van der Waals surface area contributed by atoms with E-state index in [9.17, 15) is 9.90 Å². The summed E-state index contributed by atoms with van der Waals surface area (Å²) in [6.45, 7) is 0.147. The van der Waals surface area contributed by atoms with E-state index in [0.717, 1.165) is 28.4 Å². The predicted molar refractivity (Wildman–Crippen MR) is 106 cm³/mol. The van der Waals surface area contributed by atoms with Gasteiger partial charge in [0.05, 0.1) is 12.7 Å². The van der Waals surface area contributed by atoms with Gasteiger partial charge < -0.3 is 19.8 Å². The molecule has 0 fully saturated rings. The van der Waals surface area contributed by atoms with Crippen LogP contribution in [-0.2, 0) is 4.74 Å². The Kier molecular flexibility index (Phi) is 4.69. The van der Waals surface area contributed by atoms with Crippen molar-refractivity contribution in [1.29, 1.82) is 0 Å². The Morgan fingerprint density at radius 1 is 1.04 bits per heavy atom. The number of benzene rings is 2. The average Bonchev–Trinajstić information content (AvgIpc) is 3.32. The van der Waals surface area contributed by atoms with Crippen molar-refractivity contribution in [1.82, 2.24) is 9.97 Å². The number of ether oxygens (including phenoxy) is 1. The molecule has 4 aromatic rings. The molecule has 0 amide bonds. The van der Waals surface area contributed by atoms with Crippen LogP contribution in [0.15, 0.2) is 54.9 Å². The number of rotatable bonds is 6. The van der Waals surface area contributed by atoms with Crippen LogP contribution in [0.4, 0.5) is 0 Å². The van der Waals surface area contributed by atoms with E-state index >= 15 is 0 Å². The van der Waals surface area contributed by atoms with Crippen LogP contribution in [-0.4, -0.2) is 34.8 Å². The number of hydrogen-bond acceptors (Lipinski definition) is 3. The van der Waals surface area contributed by atoms with Crippen molar-refractivity contribution in [3.8, 4) is 0 Å². The Morgan fingerprint density at radius 2 is 1.74 bits per heavy atom. The van der Waals surface area contributed by atoms with Gasteiger partial charge in [0.1, 0.15) is 0 Å².